The van der Waals surface area contributed by atoms with Crippen LogP contribution in [0.3, 0.4) is 0 Å². The number of carbonyl (C=O) groups excluding carboxylic acids is 3. The second-order valence-electron chi connectivity index (χ2n) is 18.7. The van der Waals surface area contributed by atoms with Gasteiger partial charge in [-0.2, -0.15) is 10.00 Å². The molecule has 0 radical (unpaired) electrons. The average Bonchev–Trinajstić information content (AvgIpc) is 3.52. The van der Waals surface area contributed by atoms with Gasteiger partial charge in [0.2, 0.25) is 0 Å². The molecule has 0 saturated heterocycles. The van der Waals surface area contributed by atoms with Gasteiger partial charge in [0.05, 0.1) is 16.6 Å². The van der Waals surface area contributed by atoms with Crippen molar-refractivity contribution in [3.05, 3.63) is 59.5 Å². The smallest absolute Gasteiger partial charge is 0.444 e. The lowest BCUT2D eigenvalue weighted by atomic mass is 9.81. The van der Waals surface area contributed by atoms with E-state index in [9.17, 15) is 40.4 Å². The maximum absolute atomic E-state index is 16.6. The molecule has 2 heterocycles. The molecule has 0 atom stereocenters. The minimum absolute atomic E-state index is 0.128. The highest BCUT2D eigenvalue weighted by Crippen LogP contribution is 2.44. The lowest BCUT2D eigenvalue weighted by Crippen LogP contribution is -2.44. The molecule has 1 fully saturated rings. The minimum Gasteiger partial charge on any atom is -0.444 e. The van der Waals surface area contributed by atoms with Crippen LogP contribution in [0.2, 0.25) is 0 Å². The number of amides is 3. The molecule has 1 aliphatic carbocycles. The van der Waals surface area contributed by atoms with E-state index in [1.807, 2.05) is 0 Å². The topological polar surface area (TPSA) is 180 Å². The number of alkyl halides is 3. The van der Waals surface area contributed by atoms with Crippen molar-refractivity contribution in [1.29, 1.82) is 0 Å². The fourth-order valence-electron chi connectivity index (χ4n) is 6.99. The molecule has 3 amide bonds. The third-order valence-corrected chi connectivity index (χ3v) is 10.8. The number of ether oxygens (including phenoxy) is 4. The number of benzene rings is 2. The number of hydrogen-bond acceptors (Lipinski definition) is 11. The standard InChI is InChI=1S/C43H52F6N6O9S/c1-22(2)55-35-27(23-12-14-24(15-13-23)51-37(56)62-40(3,4)5)21-50-36(54(38(57)63-41(6,7)8)39(58)64-42(9,10)11)33(35)34(52-55)26-19-30(46)31(20-29(26)45)53-65(59,60)32-18-25(16-17-28(32)44)61-43(47,48)49/h16-24,53H,12-15H2,1-11H3,(H,51,56). The molecule has 0 spiro atoms. The highest BCUT2D eigenvalue weighted by molar-refractivity contribution is 7.92. The first-order valence-corrected chi connectivity index (χ1v) is 22.0. The molecule has 5 rings (SSSR count). The number of anilines is 2. The number of nitrogens with zero attached hydrogens (tertiary/aromatic N) is 4. The molecule has 1 aliphatic rings. The first kappa shape index (κ1) is 50.2. The Bertz CT molecular complexity index is 2550. The third kappa shape index (κ3) is 12.5. The third-order valence-electron chi connectivity index (χ3n) is 9.46. The number of nitrogens with one attached hydrogen (secondary N) is 2. The first-order chi connectivity index (χ1) is 29.7. The number of imide groups is 1. The van der Waals surface area contributed by atoms with Gasteiger partial charge in [-0.3, -0.25) is 9.40 Å². The molecule has 1 saturated carbocycles. The van der Waals surface area contributed by atoms with E-state index >= 15 is 8.78 Å². The van der Waals surface area contributed by atoms with E-state index in [1.165, 1.54) is 10.9 Å². The zero-order valence-corrected chi connectivity index (χ0v) is 38.5. The van der Waals surface area contributed by atoms with Gasteiger partial charge in [0.15, 0.2) is 5.82 Å². The van der Waals surface area contributed by atoms with Crippen molar-refractivity contribution in [2.24, 2.45) is 0 Å². The molecule has 2 aromatic carbocycles. The van der Waals surface area contributed by atoms with Crippen molar-refractivity contribution >= 4 is 50.7 Å². The van der Waals surface area contributed by atoms with E-state index in [0.717, 1.165) is 0 Å². The van der Waals surface area contributed by atoms with E-state index in [4.69, 9.17) is 14.2 Å². The summed E-state index contributed by atoms with van der Waals surface area (Å²) in [7, 11) is -5.23. The zero-order chi connectivity index (χ0) is 48.8. The zero-order valence-electron chi connectivity index (χ0n) is 37.7. The van der Waals surface area contributed by atoms with Crippen LogP contribution in [0.1, 0.15) is 119 Å². The van der Waals surface area contributed by atoms with Gasteiger partial charge in [-0.15, -0.1) is 13.2 Å². The van der Waals surface area contributed by atoms with Crippen LogP contribution in [0.4, 0.5) is 52.2 Å². The highest BCUT2D eigenvalue weighted by Gasteiger charge is 2.39. The predicted molar refractivity (Wildman–Crippen MR) is 226 cm³/mol. The van der Waals surface area contributed by atoms with Gasteiger partial charge in [0.25, 0.3) is 10.0 Å². The molecule has 0 unspecified atom stereocenters. The van der Waals surface area contributed by atoms with Gasteiger partial charge in [0, 0.05) is 36.0 Å². The highest BCUT2D eigenvalue weighted by atomic mass is 32.2. The van der Waals surface area contributed by atoms with E-state index in [-0.39, 0.29) is 34.6 Å². The van der Waals surface area contributed by atoms with E-state index in [0.29, 0.717) is 60.4 Å². The number of rotatable bonds is 9. The number of hydrogen-bond donors (Lipinski definition) is 2. The van der Waals surface area contributed by atoms with Crippen molar-refractivity contribution in [3.8, 4) is 17.0 Å². The lowest BCUT2D eigenvalue weighted by Gasteiger charge is -2.31. The lowest BCUT2D eigenvalue weighted by molar-refractivity contribution is -0.274. The summed E-state index contributed by atoms with van der Waals surface area (Å²) in [5, 5.41) is 7.45. The summed E-state index contributed by atoms with van der Waals surface area (Å²) in [6.45, 7) is 18.0. The SMILES string of the molecule is CC(C)n1nc(-c2cc(F)c(NS(=O)(=O)c3cc(OC(F)(F)F)ccc3F)cc2F)c2c(N(C(=O)OC(C)(C)C)C(=O)OC(C)(C)C)ncc(C3CCC(NC(=O)OC(C)(C)C)CC3)c21. The van der Waals surface area contributed by atoms with Crippen molar-refractivity contribution in [2.75, 3.05) is 9.62 Å². The van der Waals surface area contributed by atoms with Crippen molar-refractivity contribution in [2.45, 2.75) is 148 Å². The molecule has 22 heteroatoms. The van der Waals surface area contributed by atoms with Gasteiger partial charge in [-0.05, 0) is 132 Å². The van der Waals surface area contributed by atoms with E-state index in [1.54, 1.807) is 80.9 Å². The Morgan fingerprint density at radius 3 is 1.89 bits per heavy atom. The molecule has 4 aromatic rings. The number of aromatic nitrogens is 3. The quantitative estimate of drug-likeness (QED) is 0.120. The summed E-state index contributed by atoms with van der Waals surface area (Å²) in [6.07, 6.45) is -4.91. The molecule has 356 valence electrons. The second-order valence-corrected chi connectivity index (χ2v) is 20.3. The van der Waals surface area contributed by atoms with Crippen LogP contribution in [-0.2, 0) is 24.2 Å². The maximum atomic E-state index is 16.6. The fraction of sp³-hybridized carbons (Fsp3) is 0.512. The van der Waals surface area contributed by atoms with Crippen LogP contribution >= 0.6 is 0 Å². The molecule has 2 aromatic heterocycles. The van der Waals surface area contributed by atoms with E-state index in [2.05, 4.69) is 20.1 Å². The summed E-state index contributed by atoms with van der Waals surface area (Å²) in [6, 6.07) is 1.33. The molecule has 65 heavy (non-hydrogen) atoms. The minimum atomic E-state index is -5.27. The van der Waals surface area contributed by atoms with Gasteiger partial charge < -0.3 is 24.3 Å². The molecule has 15 nitrogen and oxygen atoms in total. The van der Waals surface area contributed by atoms with Gasteiger partial charge in [-0.25, -0.2) is 41.0 Å². The Morgan fingerprint density at radius 1 is 0.800 bits per heavy atom. The summed E-state index contributed by atoms with van der Waals surface area (Å²) in [4.78, 5) is 44.4. The maximum Gasteiger partial charge on any atom is 0.573 e. The molecule has 2 N–H and O–H groups in total. The summed E-state index contributed by atoms with van der Waals surface area (Å²) in [5.74, 6) is -6.12. The van der Waals surface area contributed by atoms with Crippen LogP contribution in [-0.4, -0.2) is 70.7 Å². The van der Waals surface area contributed by atoms with Crippen LogP contribution in [0.5, 0.6) is 5.75 Å². The number of alkyl carbamates (subject to hydrolysis) is 1. The predicted octanol–water partition coefficient (Wildman–Crippen LogP) is 11.0. The van der Waals surface area contributed by atoms with Crippen LogP contribution < -0.4 is 19.7 Å². The second kappa shape index (κ2) is 18.2. The van der Waals surface area contributed by atoms with Gasteiger partial charge >= 0.3 is 24.6 Å². The number of halogens is 6. The molecule has 0 aliphatic heterocycles. The van der Waals surface area contributed by atoms with E-state index < -0.39 is 103 Å². The fourth-order valence-corrected chi connectivity index (χ4v) is 8.14. The van der Waals surface area contributed by atoms with Crippen molar-refractivity contribution in [3.63, 3.8) is 0 Å². The number of sulfonamides is 1. The average molecular weight is 943 g/mol. The Kier molecular flexibility index (Phi) is 14.1. The Morgan fingerprint density at radius 2 is 1.37 bits per heavy atom. The Hall–Kier alpha value is -5.80. The van der Waals surface area contributed by atoms with Crippen molar-refractivity contribution < 1.29 is 68.1 Å². The van der Waals surface area contributed by atoms with Crippen LogP contribution in [0, 0.1) is 17.5 Å². The first-order valence-electron chi connectivity index (χ1n) is 20.5. The van der Waals surface area contributed by atoms with Crippen LogP contribution in [0.25, 0.3) is 22.2 Å². The summed E-state index contributed by atoms with van der Waals surface area (Å²) in [5.41, 5.74) is -4.28. The molecule has 0 bridgehead atoms. The number of pyridine rings is 1. The van der Waals surface area contributed by atoms with Gasteiger partial charge in [0.1, 0.15) is 50.6 Å². The Labute approximate surface area is 372 Å². The molecular formula is C43H52F6N6O9S. The van der Waals surface area contributed by atoms with Gasteiger partial charge in [-0.1, -0.05) is 0 Å². The van der Waals surface area contributed by atoms with Crippen molar-refractivity contribution in [1.82, 2.24) is 20.1 Å². The number of fused-ring (bicyclic) bond motifs is 1. The largest absolute Gasteiger partial charge is 0.573 e. The normalized spacial score (nSPS) is 16.3. The summed E-state index contributed by atoms with van der Waals surface area (Å²) < 4.78 is 136. The molecular weight excluding hydrogens is 891 g/mol. The Balaban J connectivity index is 1.70. The number of carbonyl (C=O) groups is 3. The monoisotopic (exact) mass is 942 g/mol. The van der Waals surface area contributed by atoms with Crippen LogP contribution in [0.15, 0.2) is 41.4 Å². The summed E-state index contributed by atoms with van der Waals surface area (Å²) >= 11 is 0.